The van der Waals surface area contributed by atoms with Crippen LogP contribution in [0.5, 0.6) is 5.75 Å². The molecule has 1 N–H and O–H groups in total. The lowest BCUT2D eigenvalue weighted by Gasteiger charge is -2.14. The number of allylic oxidation sites excluding steroid dienone is 1. The van der Waals surface area contributed by atoms with Gasteiger partial charge in [-0.05, 0) is 18.6 Å². The Morgan fingerprint density at radius 2 is 2.22 bits per heavy atom. The number of para-hydroxylation sites is 2. The van der Waals surface area contributed by atoms with E-state index in [0.717, 1.165) is 16.2 Å². The first-order chi connectivity index (χ1) is 12.9. The largest absolute Gasteiger partial charge is 0.447 e. The number of nitrogens with zero attached hydrogens (tertiary/aromatic N) is 5. The van der Waals surface area contributed by atoms with E-state index in [4.69, 9.17) is 4.74 Å². The summed E-state index contributed by atoms with van der Waals surface area (Å²) in [5.41, 5.74) is -0.170. The fourth-order valence-corrected chi connectivity index (χ4v) is 3.37. The highest BCUT2D eigenvalue weighted by molar-refractivity contribution is 7.16. The molecule has 0 bridgehead atoms. The molecule has 2 heterocycles. The third-order valence-electron chi connectivity index (χ3n) is 3.77. The Hall–Kier alpha value is -3.05. The Labute approximate surface area is 158 Å². The molecule has 3 rings (SSSR count). The van der Waals surface area contributed by atoms with Gasteiger partial charge in [0.15, 0.2) is 17.0 Å². The van der Waals surface area contributed by atoms with Gasteiger partial charge in [0.2, 0.25) is 10.9 Å². The SMILES string of the molecule is CC/C=C(\Oc1ccccc1[N+](=O)[O-])c1nnc(N2C(=O)N(C)CC2O)s1. The van der Waals surface area contributed by atoms with Crippen molar-refractivity contribution < 1.29 is 19.6 Å². The van der Waals surface area contributed by atoms with Crippen molar-refractivity contribution in [3.05, 3.63) is 45.5 Å². The second-order valence-corrected chi connectivity index (χ2v) is 6.66. The predicted molar refractivity (Wildman–Crippen MR) is 98.4 cm³/mol. The Bertz CT molecular complexity index is 899. The highest BCUT2D eigenvalue weighted by Gasteiger charge is 2.37. The number of amides is 2. The van der Waals surface area contributed by atoms with Gasteiger partial charge in [-0.3, -0.25) is 10.1 Å². The van der Waals surface area contributed by atoms with Gasteiger partial charge in [0.1, 0.15) is 0 Å². The number of anilines is 1. The fourth-order valence-electron chi connectivity index (χ4n) is 2.51. The quantitative estimate of drug-likeness (QED) is 0.456. The van der Waals surface area contributed by atoms with E-state index in [1.165, 1.54) is 17.0 Å². The van der Waals surface area contributed by atoms with Crippen molar-refractivity contribution in [2.75, 3.05) is 18.5 Å². The molecule has 1 unspecified atom stereocenters. The predicted octanol–water partition coefficient (Wildman–Crippen LogP) is 2.47. The second-order valence-electron chi connectivity index (χ2n) is 5.71. The van der Waals surface area contributed by atoms with E-state index in [1.54, 1.807) is 25.3 Å². The molecule has 1 aliphatic rings. The van der Waals surface area contributed by atoms with Crippen LogP contribution in [-0.4, -0.2) is 51.0 Å². The van der Waals surface area contributed by atoms with E-state index >= 15 is 0 Å². The first-order valence-corrected chi connectivity index (χ1v) is 8.91. The number of rotatable bonds is 6. The number of carbonyl (C=O) groups is 1. The fraction of sp³-hybridized carbons (Fsp3) is 0.312. The van der Waals surface area contributed by atoms with Crippen molar-refractivity contribution >= 4 is 33.9 Å². The molecule has 11 heteroatoms. The summed E-state index contributed by atoms with van der Waals surface area (Å²) in [4.78, 5) is 25.3. The summed E-state index contributed by atoms with van der Waals surface area (Å²) in [6.45, 7) is 2.05. The topological polar surface area (TPSA) is 122 Å². The number of aliphatic hydroxyl groups is 1. The Morgan fingerprint density at radius 3 is 2.85 bits per heavy atom. The van der Waals surface area contributed by atoms with E-state index in [1.807, 2.05) is 6.92 Å². The maximum Gasteiger partial charge on any atom is 0.328 e. The number of urea groups is 1. The van der Waals surface area contributed by atoms with Crippen LogP contribution in [0.1, 0.15) is 18.4 Å². The smallest absolute Gasteiger partial charge is 0.328 e. The molecule has 2 aromatic rings. The summed E-state index contributed by atoms with van der Waals surface area (Å²) in [6, 6.07) is 5.64. The molecule has 1 fully saturated rings. The van der Waals surface area contributed by atoms with Gasteiger partial charge in [0.05, 0.1) is 11.5 Å². The molecule has 142 valence electrons. The van der Waals surface area contributed by atoms with Gasteiger partial charge in [-0.15, -0.1) is 10.2 Å². The van der Waals surface area contributed by atoms with Gasteiger partial charge < -0.3 is 14.7 Å². The summed E-state index contributed by atoms with van der Waals surface area (Å²) in [5.74, 6) is 0.376. The van der Waals surface area contributed by atoms with Crippen LogP contribution in [0.15, 0.2) is 30.3 Å². The van der Waals surface area contributed by atoms with Gasteiger partial charge in [0, 0.05) is 13.1 Å². The third-order valence-corrected chi connectivity index (χ3v) is 4.71. The standard InChI is InChI=1S/C16H17N5O5S/c1-3-6-12(26-11-8-5-4-7-10(11)21(24)25)14-17-18-15(27-14)20-13(22)9-19(2)16(20)23/h4-8,13,22H,3,9H2,1-2H3/b12-6-. The van der Waals surface area contributed by atoms with Crippen molar-refractivity contribution in [2.24, 2.45) is 0 Å². The number of hydrogen-bond donors (Lipinski definition) is 1. The lowest BCUT2D eigenvalue weighted by molar-refractivity contribution is -0.385. The molecule has 1 aliphatic heterocycles. The molecule has 2 amide bonds. The highest BCUT2D eigenvalue weighted by Crippen LogP contribution is 2.34. The molecule has 0 spiro atoms. The Kier molecular flexibility index (Phi) is 5.33. The second kappa shape index (κ2) is 7.68. The van der Waals surface area contributed by atoms with E-state index in [-0.39, 0.29) is 29.1 Å². The molecule has 0 radical (unpaired) electrons. The normalized spacial score (nSPS) is 17.5. The maximum absolute atomic E-state index is 12.1. The molecule has 0 aliphatic carbocycles. The van der Waals surface area contributed by atoms with Crippen LogP contribution >= 0.6 is 11.3 Å². The summed E-state index contributed by atoms with van der Waals surface area (Å²) < 4.78 is 5.74. The third kappa shape index (κ3) is 3.73. The first kappa shape index (κ1) is 18.7. The Morgan fingerprint density at radius 1 is 1.48 bits per heavy atom. The van der Waals surface area contributed by atoms with E-state index in [2.05, 4.69) is 10.2 Å². The monoisotopic (exact) mass is 391 g/mol. The number of benzene rings is 1. The lowest BCUT2D eigenvalue weighted by atomic mass is 10.3. The van der Waals surface area contributed by atoms with Crippen LogP contribution in [0.3, 0.4) is 0 Å². The minimum atomic E-state index is -1.02. The molecular weight excluding hydrogens is 374 g/mol. The minimum absolute atomic E-state index is 0.0796. The number of aliphatic hydroxyl groups excluding tert-OH is 1. The van der Waals surface area contributed by atoms with Crippen LogP contribution in [0.2, 0.25) is 0 Å². The lowest BCUT2D eigenvalue weighted by Crippen LogP contribution is -2.34. The number of ether oxygens (including phenoxy) is 1. The average Bonchev–Trinajstić information content (AvgIpc) is 3.19. The number of aromatic nitrogens is 2. The van der Waals surface area contributed by atoms with Crippen LogP contribution in [0.25, 0.3) is 5.76 Å². The van der Waals surface area contributed by atoms with Gasteiger partial charge >= 0.3 is 11.7 Å². The molecule has 1 aromatic heterocycles. The highest BCUT2D eigenvalue weighted by atomic mass is 32.1. The zero-order chi connectivity index (χ0) is 19.6. The molecule has 0 saturated carbocycles. The number of nitro groups is 1. The molecule has 1 saturated heterocycles. The first-order valence-electron chi connectivity index (χ1n) is 8.10. The minimum Gasteiger partial charge on any atom is -0.447 e. The summed E-state index contributed by atoms with van der Waals surface area (Å²) >= 11 is 1.05. The van der Waals surface area contributed by atoms with Crippen LogP contribution in [-0.2, 0) is 0 Å². The van der Waals surface area contributed by atoms with Crippen molar-refractivity contribution in [3.63, 3.8) is 0 Å². The van der Waals surface area contributed by atoms with Crippen molar-refractivity contribution in [1.82, 2.24) is 15.1 Å². The van der Waals surface area contributed by atoms with Crippen molar-refractivity contribution in [2.45, 2.75) is 19.6 Å². The van der Waals surface area contributed by atoms with E-state index < -0.39 is 11.2 Å². The van der Waals surface area contributed by atoms with Crippen molar-refractivity contribution in [1.29, 1.82) is 0 Å². The number of carbonyl (C=O) groups excluding carboxylic acids is 1. The average molecular weight is 391 g/mol. The summed E-state index contributed by atoms with van der Waals surface area (Å²) in [7, 11) is 1.58. The molecule has 27 heavy (non-hydrogen) atoms. The molecular formula is C16H17N5O5S. The number of hydrogen-bond acceptors (Lipinski definition) is 8. The molecule has 1 aromatic carbocycles. The van der Waals surface area contributed by atoms with Crippen molar-refractivity contribution in [3.8, 4) is 5.75 Å². The zero-order valence-corrected chi connectivity index (χ0v) is 15.4. The van der Waals surface area contributed by atoms with E-state index in [0.29, 0.717) is 17.2 Å². The van der Waals surface area contributed by atoms with Crippen LogP contribution in [0, 0.1) is 10.1 Å². The van der Waals surface area contributed by atoms with Crippen LogP contribution < -0.4 is 9.64 Å². The van der Waals surface area contributed by atoms with Gasteiger partial charge in [-0.1, -0.05) is 30.4 Å². The molecule has 1 atom stereocenters. The van der Waals surface area contributed by atoms with Gasteiger partial charge in [-0.25, -0.2) is 9.69 Å². The maximum atomic E-state index is 12.1. The number of nitro benzene ring substituents is 1. The number of likely N-dealkylation sites (N-methyl/N-ethyl adjacent to an activating group) is 1. The summed E-state index contributed by atoms with van der Waals surface area (Å²) in [6.07, 6.45) is 1.30. The zero-order valence-electron chi connectivity index (χ0n) is 14.6. The molecule has 10 nitrogen and oxygen atoms in total. The van der Waals surface area contributed by atoms with Gasteiger partial charge in [0.25, 0.3) is 0 Å². The summed E-state index contributed by atoms with van der Waals surface area (Å²) in [5, 5.41) is 29.8. The van der Waals surface area contributed by atoms with Gasteiger partial charge in [-0.2, -0.15) is 0 Å². The van der Waals surface area contributed by atoms with E-state index in [9.17, 15) is 20.0 Å². The van der Waals surface area contributed by atoms with Crippen LogP contribution in [0.4, 0.5) is 15.6 Å². The Balaban J connectivity index is 1.90. The number of β-amino-alcohol motifs (C(OH)–C–C–N with tert-alkyl or cyclic N) is 1.